The van der Waals surface area contributed by atoms with Crippen molar-refractivity contribution in [2.45, 2.75) is 53.9 Å². The molecule has 0 unspecified atom stereocenters. The van der Waals surface area contributed by atoms with Gasteiger partial charge in [0.1, 0.15) is 0 Å². The van der Waals surface area contributed by atoms with Gasteiger partial charge in [-0.05, 0) is 47.6 Å². The summed E-state index contributed by atoms with van der Waals surface area (Å²) in [7, 11) is 0. The summed E-state index contributed by atoms with van der Waals surface area (Å²) in [5.41, 5.74) is 4.76. The number of rotatable bonds is 5. The topological polar surface area (TPSA) is 109 Å². The third kappa shape index (κ3) is 6.16. The molecule has 1 amide bonds. The van der Waals surface area contributed by atoms with E-state index in [0.29, 0.717) is 17.8 Å². The highest BCUT2D eigenvalue weighted by Crippen LogP contribution is 2.28. The Morgan fingerprint density at radius 2 is 1.82 bits per heavy atom. The number of nitriles is 1. The van der Waals surface area contributed by atoms with E-state index in [2.05, 4.69) is 73.5 Å². The predicted molar refractivity (Wildman–Crippen MR) is 129 cm³/mol. The lowest BCUT2D eigenvalue weighted by Crippen LogP contribution is -2.32. The number of anilines is 2. The van der Waals surface area contributed by atoms with Crippen LogP contribution >= 0.6 is 0 Å². The third-order valence-electron chi connectivity index (χ3n) is 5.03. The summed E-state index contributed by atoms with van der Waals surface area (Å²) in [6, 6.07) is 9.87. The first-order valence-electron chi connectivity index (χ1n) is 10.9. The van der Waals surface area contributed by atoms with Gasteiger partial charge in [0.05, 0.1) is 41.1 Å². The Balaban J connectivity index is 1.87. The summed E-state index contributed by atoms with van der Waals surface area (Å²) in [5.74, 6) is -0.265. The third-order valence-corrected chi connectivity index (χ3v) is 5.03. The molecule has 1 aromatic carbocycles. The molecule has 0 spiro atoms. The molecule has 0 bridgehead atoms. The molecule has 3 rings (SSSR count). The van der Waals surface area contributed by atoms with E-state index in [1.54, 1.807) is 17.1 Å². The number of amides is 1. The van der Waals surface area contributed by atoms with Crippen LogP contribution < -0.4 is 10.6 Å². The SMILES string of the molecule is Cc1ncc(Nc2cc(C#N)cc(C(C)(C)C)c2)cc1-n1cc(C(=O)NCC(C)(C)C)nn1. The number of aryl methyl sites for hydroxylation is 1. The molecule has 0 aliphatic rings. The van der Waals surface area contributed by atoms with Crippen molar-refractivity contribution in [1.82, 2.24) is 25.3 Å². The lowest BCUT2D eigenvalue weighted by atomic mass is 9.86. The fourth-order valence-electron chi connectivity index (χ4n) is 3.11. The molecule has 33 heavy (non-hydrogen) atoms. The maximum absolute atomic E-state index is 12.4. The maximum Gasteiger partial charge on any atom is 0.273 e. The van der Waals surface area contributed by atoms with Crippen molar-refractivity contribution < 1.29 is 4.79 Å². The fraction of sp³-hybridized carbons (Fsp3) is 0.400. The highest BCUT2D eigenvalue weighted by molar-refractivity contribution is 5.91. The number of carbonyl (C=O) groups is 1. The van der Waals surface area contributed by atoms with Crippen molar-refractivity contribution >= 4 is 17.3 Å². The molecular formula is C25H31N7O. The van der Waals surface area contributed by atoms with Gasteiger partial charge in [0.2, 0.25) is 0 Å². The second kappa shape index (κ2) is 9.02. The van der Waals surface area contributed by atoms with Crippen molar-refractivity contribution in [2.24, 2.45) is 5.41 Å². The minimum absolute atomic E-state index is 0.0259. The zero-order chi connectivity index (χ0) is 24.4. The molecule has 172 valence electrons. The van der Waals surface area contributed by atoms with Gasteiger partial charge >= 0.3 is 0 Å². The van der Waals surface area contributed by atoms with Gasteiger partial charge in [0.25, 0.3) is 5.91 Å². The van der Waals surface area contributed by atoms with Gasteiger partial charge in [-0.2, -0.15) is 5.26 Å². The molecule has 8 heteroatoms. The lowest BCUT2D eigenvalue weighted by molar-refractivity contribution is 0.0934. The van der Waals surface area contributed by atoms with Crippen LogP contribution in [0.15, 0.2) is 36.7 Å². The monoisotopic (exact) mass is 445 g/mol. The van der Waals surface area contributed by atoms with Crippen LogP contribution in [0.2, 0.25) is 0 Å². The molecule has 0 aliphatic carbocycles. The summed E-state index contributed by atoms with van der Waals surface area (Å²) in [4.78, 5) is 16.9. The summed E-state index contributed by atoms with van der Waals surface area (Å²) < 4.78 is 1.55. The van der Waals surface area contributed by atoms with Crippen molar-refractivity contribution in [3.8, 4) is 11.8 Å². The Morgan fingerprint density at radius 3 is 2.45 bits per heavy atom. The Labute approximate surface area is 195 Å². The van der Waals surface area contributed by atoms with Crippen LogP contribution in [0.4, 0.5) is 11.4 Å². The first kappa shape index (κ1) is 23.9. The molecule has 0 aliphatic heterocycles. The average molecular weight is 446 g/mol. The fourth-order valence-corrected chi connectivity index (χ4v) is 3.11. The number of nitrogens with zero attached hydrogens (tertiary/aromatic N) is 5. The number of nitrogens with one attached hydrogen (secondary N) is 2. The standard InChI is InChI=1S/C25H31N7O/c1-16-22(32-14-21(30-31-32)23(33)28-15-24(2,3)4)11-20(13-27-16)29-19-9-17(12-26)8-18(10-19)25(5,6)7/h8-11,13-14,29H,15H2,1-7H3,(H,28,33). The second-order valence-corrected chi connectivity index (χ2v) is 10.4. The van der Waals surface area contributed by atoms with Crippen LogP contribution in [0.25, 0.3) is 5.69 Å². The Morgan fingerprint density at radius 1 is 1.09 bits per heavy atom. The molecule has 0 saturated heterocycles. The summed E-state index contributed by atoms with van der Waals surface area (Å²) in [6.07, 6.45) is 3.32. The van der Waals surface area contributed by atoms with Gasteiger partial charge in [-0.15, -0.1) is 5.10 Å². The Bertz CT molecular complexity index is 1210. The second-order valence-electron chi connectivity index (χ2n) is 10.4. The summed E-state index contributed by atoms with van der Waals surface area (Å²) >= 11 is 0. The minimum Gasteiger partial charge on any atom is -0.354 e. The number of aromatic nitrogens is 4. The first-order valence-corrected chi connectivity index (χ1v) is 10.9. The molecule has 0 radical (unpaired) electrons. The van der Waals surface area contributed by atoms with E-state index in [0.717, 1.165) is 22.6 Å². The molecule has 2 aromatic heterocycles. The quantitative estimate of drug-likeness (QED) is 0.591. The molecule has 3 aromatic rings. The van der Waals surface area contributed by atoms with E-state index in [1.165, 1.54) is 0 Å². The van der Waals surface area contributed by atoms with Crippen molar-refractivity contribution in [2.75, 3.05) is 11.9 Å². The summed E-state index contributed by atoms with van der Waals surface area (Å²) in [5, 5.41) is 23.8. The van der Waals surface area contributed by atoms with E-state index >= 15 is 0 Å². The van der Waals surface area contributed by atoms with E-state index < -0.39 is 0 Å². The van der Waals surface area contributed by atoms with Crippen molar-refractivity contribution in [3.63, 3.8) is 0 Å². The minimum atomic E-state index is -0.265. The van der Waals surface area contributed by atoms with Gasteiger partial charge in [-0.1, -0.05) is 46.8 Å². The summed E-state index contributed by atoms with van der Waals surface area (Å²) in [6.45, 7) is 14.9. The molecule has 0 fully saturated rings. The van der Waals surface area contributed by atoms with E-state index in [-0.39, 0.29) is 22.4 Å². The Hall–Kier alpha value is -3.73. The molecule has 2 heterocycles. The Kier molecular flexibility index (Phi) is 6.54. The average Bonchev–Trinajstić information content (AvgIpc) is 3.22. The smallest absolute Gasteiger partial charge is 0.273 e. The first-order chi connectivity index (χ1) is 15.4. The number of carbonyl (C=O) groups excluding carboxylic acids is 1. The lowest BCUT2D eigenvalue weighted by Gasteiger charge is -2.21. The van der Waals surface area contributed by atoms with Crippen LogP contribution in [0, 0.1) is 23.7 Å². The van der Waals surface area contributed by atoms with Gasteiger partial charge in [0.15, 0.2) is 5.69 Å². The van der Waals surface area contributed by atoms with Crippen molar-refractivity contribution in [1.29, 1.82) is 5.26 Å². The zero-order valence-corrected chi connectivity index (χ0v) is 20.3. The number of benzene rings is 1. The number of hydrogen-bond acceptors (Lipinski definition) is 6. The van der Waals surface area contributed by atoms with Crippen LogP contribution in [0.3, 0.4) is 0 Å². The molecule has 8 nitrogen and oxygen atoms in total. The van der Waals surface area contributed by atoms with Crippen LogP contribution in [0.1, 0.15) is 68.9 Å². The van der Waals surface area contributed by atoms with Gasteiger partial charge in [-0.3, -0.25) is 9.78 Å². The zero-order valence-electron chi connectivity index (χ0n) is 20.3. The van der Waals surface area contributed by atoms with E-state index in [4.69, 9.17) is 0 Å². The number of pyridine rings is 1. The van der Waals surface area contributed by atoms with Gasteiger partial charge < -0.3 is 10.6 Å². The van der Waals surface area contributed by atoms with Crippen LogP contribution in [0.5, 0.6) is 0 Å². The van der Waals surface area contributed by atoms with E-state index in [1.807, 2.05) is 31.2 Å². The van der Waals surface area contributed by atoms with Crippen molar-refractivity contribution in [3.05, 3.63) is 59.2 Å². The molecular weight excluding hydrogens is 414 g/mol. The van der Waals surface area contributed by atoms with Gasteiger partial charge in [0, 0.05) is 12.2 Å². The largest absolute Gasteiger partial charge is 0.354 e. The van der Waals surface area contributed by atoms with Crippen LogP contribution in [-0.2, 0) is 5.41 Å². The number of hydrogen-bond donors (Lipinski definition) is 2. The normalized spacial score (nSPS) is 11.7. The van der Waals surface area contributed by atoms with Crippen LogP contribution in [-0.4, -0.2) is 32.4 Å². The highest BCUT2D eigenvalue weighted by Gasteiger charge is 2.18. The molecule has 2 N–H and O–H groups in total. The molecule has 0 saturated carbocycles. The predicted octanol–water partition coefficient (Wildman–Crippen LogP) is 4.66. The van der Waals surface area contributed by atoms with E-state index in [9.17, 15) is 10.1 Å². The molecule has 0 atom stereocenters. The highest BCUT2D eigenvalue weighted by atomic mass is 16.2. The van der Waals surface area contributed by atoms with Gasteiger partial charge in [-0.25, -0.2) is 4.68 Å². The maximum atomic E-state index is 12.4.